The van der Waals surface area contributed by atoms with Crippen molar-refractivity contribution in [3.05, 3.63) is 47.3 Å². The number of thioether (sulfide) groups is 1. The van der Waals surface area contributed by atoms with Gasteiger partial charge in [0.05, 0.1) is 0 Å². The maximum atomic E-state index is 4.26. The van der Waals surface area contributed by atoms with Crippen LogP contribution < -0.4 is 5.32 Å². The third kappa shape index (κ3) is 3.47. The van der Waals surface area contributed by atoms with Gasteiger partial charge in [-0.15, -0.1) is 11.8 Å². The second kappa shape index (κ2) is 5.87. The molecular formula is C14H17N3S. The number of hydrogen-bond acceptors (Lipinski definition) is 4. The van der Waals surface area contributed by atoms with Gasteiger partial charge in [-0.3, -0.25) is 0 Å². The predicted molar refractivity (Wildman–Crippen MR) is 77.1 cm³/mol. The molecule has 0 aliphatic carbocycles. The van der Waals surface area contributed by atoms with Crippen molar-refractivity contribution in [2.24, 2.45) is 0 Å². The van der Waals surface area contributed by atoms with Crippen LogP contribution in [0.2, 0.25) is 0 Å². The third-order valence-corrected chi connectivity index (χ3v) is 3.56. The second-order valence-electron chi connectivity index (χ2n) is 4.28. The van der Waals surface area contributed by atoms with E-state index in [0.29, 0.717) is 0 Å². The normalized spacial score (nSPS) is 10.4. The molecule has 0 aliphatic rings. The minimum absolute atomic E-state index is 0.855. The van der Waals surface area contributed by atoms with E-state index in [0.717, 1.165) is 16.6 Å². The number of aryl methyl sites for hydroxylation is 2. The van der Waals surface area contributed by atoms with Crippen molar-refractivity contribution in [3.8, 4) is 0 Å². The number of hydrogen-bond donors (Lipinski definition) is 1. The van der Waals surface area contributed by atoms with Crippen molar-refractivity contribution >= 4 is 17.6 Å². The summed E-state index contributed by atoms with van der Waals surface area (Å²) in [6.45, 7) is 4.26. The van der Waals surface area contributed by atoms with E-state index in [1.54, 1.807) is 18.1 Å². The number of nitrogens with zero attached hydrogens (tertiary/aromatic N) is 2. The molecule has 0 saturated heterocycles. The van der Waals surface area contributed by atoms with E-state index in [-0.39, 0.29) is 0 Å². The zero-order chi connectivity index (χ0) is 13.0. The number of anilines is 1. The lowest BCUT2D eigenvalue weighted by atomic mass is 10.1. The van der Waals surface area contributed by atoms with Crippen LogP contribution in [0.1, 0.15) is 16.7 Å². The van der Waals surface area contributed by atoms with Crippen molar-refractivity contribution < 1.29 is 0 Å². The summed E-state index contributed by atoms with van der Waals surface area (Å²) in [7, 11) is 1.86. The molecule has 1 aromatic carbocycles. The molecule has 1 aromatic heterocycles. The maximum Gasteiger partial charge on any atom is 0.130 e. The Hall–Kier alpha value is -1.55. The zero-order valence-electron chi connectivity index (χ0n) is 10.9. The molecule has 0 aliphatic heterocycles. The van der Waals surface area contributed by atoms with Gasteiger partial charge < -0.3 is 5.32 Å². The molecule has 2 rings (SSSR count). The molecule has 1 N–H and O–H groups in total. The number of benzene rings is 1. The van der Waals surface area contributed by atoms with E-state index >= 15 is 0 Å². The highest BCUT2D eigenvalue weighted by Gasteiger charge is 2.01. The molecule has 0 unspecified atom stereocenters. The average Bonchev–Trinajstić information content (AvgIpc) is 2.35. The zero-order valence-corrected chi connectivity index (χ0v) is 11.7. The Morgan fingerprint density at radius 1 is 1.06 bits per heavy atom. The first-order valence-electron chi connectivity index (χ1n) is 5.87. The standard InChI is InChI=1S/C14H17N3S/c1-10-4-11(2)6-12(5-10)8-18-14-7-13(15-3)16-9-17-14/h4-7,9H,8H2,1-3H3,(H,15,16,17). The predicted octanol–water partition coefficient (Wildman–Crippen LogP) is 3.43. The van der Waals surface area contributed by atoms with Crippen LogP contribution in [0, 0.1) is 13.8 Å². The molecule has 94 valence electrons. The molecule has 2 aromatic rings. The molecule has 18 heavy (non-hydrogen) atoms. The fourth-order valence-corrected chi connectivity index (χ4v) is 2.66. The van der Waals surface area contributed by atoms with Gasteiger partial charge in [-0.2, -0.15) is 0 Å². The quantitative estimate of drug-likeness (QED) is 0.674. The van der Waals surface area contributed by atoms with Crippen molar-refractivity contribution in [2.75, 3.05) is 12.4 Å². The highest BCUT2D eigenvalue weighted by Crippen LogP contribution is 2.23. The summed E-state index contributed by atoms with van der Waals surface area (Å²) in [5.74, 6) is 1.79. The second-order valence-corrected chi connectivity index (χ2v) is 5.27. The summed E-state index contributed by atoms with van der Waals surface area (Å²) in [6, 6.07) is 8.60. The molecule has 0 saturated carbocycles. The third-order valence-electron chi connectivity index (χ3n) is 2.57. The molecule has 0 atom stereocenters. The summed E-state index contributed by atoms with van der Waals surface area (Å²) in [6.07, 6.45) is 1.59. The summed E-state index contributed by atoms with van der Waals surface area (Å²) >= 11 is 1.73. The van der Waals surface area contributed by atoms with E-state index < -0.39 is 0 Å². The van der Waals surface area contributed by atoms with Crippen LogP contribution in [0.25, 0.3) is 0 Å². The van der Waals surface area contributed by atoms with Crippen LogP contribution in [0.15, 0.2) is 35.6 Å². The van der Waals surface area contributed by atoms with Crippen molar-refractivity contribution in [3.63, 3.8) is 0 Å². The van der Waals surface area contributed by atoms with E-state index in [4.69, 9.17) is 0 Å². The first kappa shape index (κ1) is 12.9. The smallest absolute Gasteiger partial charge is 0.130 e. The molecule has 1 heterocycles. The van der Waals surface area contributed by atoms with Gasteiger partial charge in [-0.25, -0.2) is 9.97 Å². The van der Waals surface area contributed by atoms with Gasteiger partial charge in [-0.1, -0.05) is 29.3 Å². The van der Waals surface area contributed by atoms with Crippen LogP contribution in [-0.4, -0.2) is 17.0 Å². The van der Waals surface area contributed by atoms with E-state index in [1.165, 1.54) is 16.7 Å². The molecule has 3 nitrogen and oxygen atoms in total. The molecule has 0 amide bonds. The van der Waals surface area contributed by atoms with E-state index in [9.17, 15) is 0 Å². The summed E-state index contributed by atoms with van der Waals surface area (Å²) in [5, 5.41) is 4.01. The maximum absolute atomic E-state index is 4.26. The van der Waals surface area contributed by atoms with Gasteiger partial charge in [0.2, 0.25) is 0 Å². The topological polar surface area (TPSA) is 37.8 Å². The van der Waals surface area contributed by atoms with Crippen molar-refractivity contribution in [1.82, 2.24) is 9.97 Å². The van der Waals surface area contributed by atoms with Gasteiger partial charge >= 0.3 is 0 Å². The van der Waals surface area contributed by atoms with E-state index in [2.05, 4.69) is 47.3 Å². The fraction of sp³-hybridized carbons (Fsp3) is 0.286. The van der Waals surface area contributed by atoms with Crippen molar-refractivity contribution in [2.45, 2.75) is 24.6 Å². The lowest BCUT2D eigenvalue weighted by molar-refractivity contribution is 1.05. The minimum Gasteiger partial charge on any atom is -0.373 e. The van der Waals surface area contributed by atoms with Crippen LogP contribution in [0.4, 0.5) is 5.82 Å². The Morgan fingerprint density at radius 2 is 1.78 bits per heavy atom. The lowest BCUT2D eigenvalue weighted by Gasteiger charge is -2.05. The first-order valence-corrected chi connectivity index (χ1v) is 6.85. The molecule has 0 bridgehead atoms. The number of rotatable bonds is 4. The van der Waals surface area contributed by atoms with Crippen LogP contribution in [0.3, 0.4) is 0 Å². The average molecular weight is 259 g/mol. The summed E-state index contributed by atoms with van der Waals surface area (Å²) in [4.78, 5) is 8.36. The van der Waals surface area contributed by atoms with Crippen LogP contribution in [0.5, 0.6) is 0 Å². The molecular weight excluding hydrogens is 242 g/mol. The van der Waals surface area contributed by atoms with Gasteiger partial charge in [-0.05, 0) is 19.4 Å². The minimum atomic E-state index is 0.855. The lowest BCUT2D eigenvalue weighted by Crippen LogP contribution is -1.93. The fourth-order valence-electron chi connectivity index (χ4n) is 1.86. The van der Waals surface area contributed by atoms with Gasteiger partial charge in [0, 0.05) is 18.9 Å². The Morgan fingerprint density at radius 3 is 2.44 bits per heavy atom. The van der Waals surface area contributed by atoms with Crippen LogP contribution in [-0.2, 0) is 5.75 Å². The number of aromatic nitrogens is 2. The largest absolute Gasteiger partial charge is 0.373 e. The molecule has 0 radical (unpaired) electrons. The monoisotopic (exact) mass is 259 g/mol. The first-order chi connectivity index (χ1) is 8.67. The molecule has 4 heteroatoms. The molecule has 0 spiro atoms. The van der Waals surface area contributed by atoms with Crippen LogP contribution >= 0.6 is 11.8 Å². The Labute approximate surface area is 112 Å². The highest BCUT2D eigenvalue weighted by molar-refractivity contribution is 7.98. The Balaban J connectivity index is 2.06. The summed E-state index contributed by atoms with van der Waals surface area (Å²) in [5.41, 5.74) is 3.95. The van der Waals surface area contributed by atoms with Crippen molar-refractivity contribution in [1.29, 1.82) is 0 Å². The molecule has 0 fully saturated rings. The summed E-state index contributed by atoms with van der Waals surface area (Å²) < 4.78 is 0. The van der Waals surface area contributed by atoms with Gasteiger partial charge in [0.15, 0.2) is 0 Å². The Bertz CT molecular complexity index is 520. The SMILES string of the molecule is CNc1cc(SCc2cc(C)cc(C)c2)ncn1. The Kier molecular flexibility index (Phi) is 4.20. The number of nitrogens with one attached hydrogen (secondary N) is 1. The highest BCUT2D eigenvalue weighted by atomic mass is 32.2. The van der Waals surface area contributed by atoms with E-state index in [1.807, 2.05) is 13.1 Å². The van der Waals surface area contributed by atoms with Gasteiger partial charge in [0.1, 0.15) is 17.2 Å². The van der Waals surface area contributed by atoms with Gasteiger partial charge in [0.25, 0.3) is 0 Å².